The van der Waals surface area contributed by atoms with Gasteiger partial charge in [-0.15, -0.1) is 11.3 Å². The second-order valence-electron chi connectivity index (χ2n) is 6.24. The Morgan fingerprint density at radius 2 is 1.86 bits per heavy atom. The fourth-order valence-corrected chi connectivity index (χ4v) is 3.50. The van der Waals surface area contributed by atoms with Gasteiger partial charge in [0.25, 0.3) is 5.91 Å². The van der Waals surface area contributed by atoms with E-state index in [4.69, 9.17) is 4.74 Å². The van der Waals surface area contributed by atoms with Gasteiger partial charge < -0.3 is 10.1 Å². The number of aryl methyl sites for hydroxylation is 1. The zero-order valence-electron chi connectivity index (χ0n) is 15.3. The number of hydrogen-bond acceptors (Lipinski definition) is 4. The van der Waals surface area contributed by atoms with E-state index in [0.717, 1.165) is 21.8 Å². The van der Waals surface area contributed by atoms with Crippen LogP contribution < -0.4 is 10.1 Å². The van der Waals surface area contributed by atoms with Gasteiger partial charge in [0.1, 0.15) is 17.3 Å². The Hall–Kier alpha value is -3.38. The van der Waals surface area contributed by atoms with Crippen molar-refractivity contribution < 1.29 is 9.53 Å². The molecule has 0 bridgehead atoms. The number of anilines is 1. The Bertz CT molecular complexity index is 1070. The third-order valence-electron chi connectivity index (χ3n) is 4.20. The van der Waals surface area contributed by atoms with Crippen molar-refractivity contribution in [2.75, 3.05) is 11.9 Å². The topological polar surface area (TPSA) is 56.1 Å². The molecule has 0 aliphatic heterocycles. The predicted molar refractivity (Wildman–Crippen MR) is 112 cm³/mol. The lowest BCUT2D eigenvalue weighted by Gasteiger charge is -2.11. The summed E-state index contributed by atoms with van der Waals surface area (Å²) in [5.41, 5.74) is 2.68. The van der Waals surface area contributed by atoms with Gasteiger partial charge in [-0.2, -0.15) is 5.10 Å². The molecule has 0 unspecified atom stereocenters. The molecule has 2 aromatic heterocycles. The molecule has 140 valence electrons. The molecule has 1 N–H and O–H groups in total. The minimum absolute atomic E-state index is 0.0703. The molecule has 2 aromatic carbocycles. The smallest absolute Gasteiger partial charge is 0.263 e. The van der Waals surface area contributed by atoms with E-state index in [1.807, 2.05) is 85.1 Å². The average molecular weight is 389 g/mol. The molecular formula is C22H19N3O2S. The van der Waals surface area contributed by atoms with E-state index in [0.29, 0.717) is 11.6 Å². The Balaban J connectivity index is 1.56. The molecule has 0 aliphatic carbocycles. The fraction of sp³-hybridized carbons (Fsp3) is 0.0909. The summed E-state index contributed by atoms with van der Waals surface area (Å²) in [5.74, 6) is 1.07. The number of aromatic nitrogens is 2. The third-order valence-corrected chi connectivity index (χ3v) is 5.10. The lowest BCUT2D eigenvalue weighted by molar-refractivity contribution is -0.118. The van der Waals surface area contributed by atoms with Crippen LogP contribution in [0.2, 0.25) is 0 Å². The Morgan fingerprint density at radius 3 is 2.61 bits per heavy atom. The first-order valence-electron chi connectivity index (χ1n) is 8.88. The number of benzene rings is 2. The molecule has 1 amide bonds. The number of thiophene rings is 1. The minimum atomic E-state index is -0.238. The van der Waals surface area contributed by atoms with E-state index in [9.17, 15) is 4.79 Å². The maximum atomic E-state index is 12.5. The first-order chi connectivity index (χ1) is 13.7. The monoisotopic (exact) mass is 389 g/mol. The van der Waals surface area contributed by atoms with Gasteiger partial charge in [-0.3, -0.25) is 4.79 Å². The van der Waals surface area contributed by atoms with Crippen LogP contribution in [0, 0.1) is 6.92 Å². The Kier molecular flexibility index (Phi) is 5.21. The van der Waals surface area contributed by atoms with Crippen LogP contribution in [0.15, 0.2) is 78.2 Å². The summed E-state index contributed by atoms with van der Waals surface area (Å²) in [6, 6.07) is 23.2. The average Bonchev–Trinajstić information content (AvgIpc) is 3.38. The molecule has 5 nitrogen and oxygen atoms in total. The molecule has 6 heteroatoms. The van der Waals surface area contributed by atoms with Gasteiger partial charge in [0, 0.05) is 6.07 Å². The summed E-state index contributed by atoms with van der Waals surface area (Å²) in [5, 5.41) is 9.61. The fourth-order valence-electron chi connectivity index (χ4n) is 2.82. The molecule has 0 spiro atoms. The SMILES string of the molecule is Cc1ccccc1OCC(=O)Nc1cc(-c2cccs2)nn1-c1ccccc1. The van der Waals surface area contributed by atoms with Gasteiger partial charge in [-0.25, -0.2) is 4.68 Å². The standard InChI is InChI=1S/C22H19N3O2S/c1-16-8-5-6-11-19(16)27-15-22(26)23-21-14-18(20-12-7-13-28-20)24-25(21)17-9-3-2-4-10-17/h2-14H,15H2,1H3,(H,23,26). The normalized spacial score (nSPS) is 10.6. The van der Waals surface area contributed by atoms with E-state index >= 15 is 0 Å². The number of hydrogen-bond donors (Lipinski definition) is 1. The molecule has 0 aliphatic rings. The number of carbonyl (C=O) groups is 1. The van der Waals surface area contributed by atoms with E-state index in [1.54, 1.807) is 16.0 Å². The van der Waals surface area contributed by atoms with Gasteiger partial charge in [-0.05, 0) is 42.1 Å². The number of amides is 1. The zero-order valence-corrected chi connectivity index (χ0v) is 16.1. The highest BCUT2D eigenvalue weighted by Gasteiger charge is 2.15. The van der Waals surface area contributed by atoms with Crippen LogP contribution in [0.1, 0.15) is 5.56 Å². The first-order valence-corrected chi connectivity index (χ1v) is 9.76. The maximum absolute atomic E-state index is 12.5. The number of rotatable bonds is 6. The summed E-state index contributed by atoms with van der Waals surface area (Å²) in [6.45, 7) is 1.88. The van der Waals surface area contributed by atoms with Crippen molar-refractivity contribution in [2.45, 2.75) is 6.92 Å². The molecule has 0 saturated heterocycles. The van der Waals surface area contributed by atoms with Gasteiger partial charge in [0.15, 0.2) is 6.61 Å². The summed E-state index contributed by atoms with van der Waals surface area (Å²) in [4.78, 5) is 13.5. The first kappa shape index (κ1) is 18.0. The summed E-state index contributed by atoms with van der Waals surface area (Å²) < 4.78 is 7.39. The number of para-hydroxylation sites is 2. The summed E-state index contributed by atoms with van der Waals surface area (Å²) in [6.07, 6.45) is 0. The van der Waals surface area contributed by atoms with Gasteiger partial charge in [0.2, 0.25) is 0 Å². The van der Waals surface area contributed by atoms with Crippen LogP contribution in [0.3, 0.4) is 0 Å². The Labute approximate surface area is 167 Å². The molecule has 4 aromatic rings. The maximum Gasteiger partial charge on any atom is 0.263 e. The molecule has 0 saturated carbocycles. The summed E-state index contributed by atoms with van der Waals surface area (Å²) in [7, 11) is 0. The van der Waals surface area contributed by atoms with Gasteiger partial charge >= 0.3 is 0 Å². The molecule has 0 fully saturated rings. The lowest BCUT2D eigenvalue weighted by atomic mass is 10.2. The van der Waals surface area contributed by atoms with Crippen molar-refractivity contribution in [3.63, 3.8) is 0 Å². The molecule has 0 atom stereocenters. The highest BCUT2D eigenvalue weighted by atomic mass is 32.1. The quantitative estimate of drug-likeness (QED) is 0.509. The van der Waals surface area contributed by atoms with Gasteiger partial charge in [0.05, 0.1) is 10.6 Å². The van der Waals surface area contributed by atoms with E-state index in [2.05, 4.69) is 10.4 Å². The number of ether oxygens (including phenoxy) is 1. The van der Waals surface area contributed by atoms with Crippen molar-refractivity contribution in [3.8, 4) is 22.0 Å². The second-order valence-corrected chi connectivity index (χ2v) is 7.19. The van der Waals surface area contributed by atoms with Crippen LogP contribution in [-0.4, -0.2) is 22.3 Å². The number of nitrogens with zero attached hydrogens (tertiary/aromatic N) is 2. The van der Waals surface area contributed by atoms with Crippen LogP contribution in [0.5, 0.6) is 5.75 Å². The molecule has 28 heavy (non-hydrogen) atoms. The van der Waals surface area contributed by atoms with E-state index in [1.165, 1.54) is 0 Å². The van der Waals surface area contributed by atoms with Crippen molar-refractivity contribution in [3.05, 3.63) is 83.7 Å². The van der Waals surface area contributed by atoms with Gasteiger partial charge in [-0.1, -0.05) is 42.5 Å². The Morgan fingerprint density at radius 1 is 1.07 bits per heavy atom. The highest BCUT2D eigenvalue weighted by molar-refractivity contribution is 7.13. The minimum Gasteiger partial charge on any atom is -0.483 e. The second kappa shape index (κ2) is 8.10. The molecular weight excluding hydrogens is 370 g/mol. The van der Waals surface area contributed by atoms with Crippen LogP contribution in [0.4, 0.5) is 5.82 Å². The van der Waals surface area contributed by atoms with E-state index in [-0.39, 0.29) is 12.5 Å². The van der Waals surface area contributed by atoms with Crippen LogP contribution >= 0.6 is 11.3 Å². The van der Waals surface area contributed by atoms with Crippen LogP contribution in [-0.2, 0) is 4.79 Å². The van der Waals surface area contributed by atoms with Crippen molar-refractivity contribution in [2.24, 2.45) is 0 Å². The van der Waals surface area contributed by atoms with Crippen LogP contribution in [0.25, 0.3) is 16.3 Å². The van der Waals surface area contributed by atoms with Crippen molar-refractivity contribution in [1.29, 1.82) is 0 Å². The predicted octanol–water partition coefficient (Wildman–Crippen LogP) is 4.93. The van der Waals surface area contributed by atoms with Crippen molar-refractivity contribution >= 4 is 23.1 Å². The number of nitrogens with one attached hydrogen (secondary N) is 1. The molecule has 4 rings (SSSR count). The zero-order chi connectivity index (χ0) is 19.3. The molecule has 2 heterocycles. The number of carbonyl (C=O) groups excluding carboxylic acids is 1. The van der Waals surface area contributed by atoms with E-state index < -0.39 is 0 Å². The van der Waals surface area contributed by atoms with Crippen molar-refractivity contribution in [1.82, 2.24) is 9.78 Å². The lowest BCUT2D eigenvalue weighted by Crippen LogP contribution is -2.22. The highest BCUT2D eigenvalue weighted by Crippen LogP contribution is 2.28. The molecule has 0 radical (unpaired) electrons. The largest absolute Gasteiger partial charge is 0.483 e. The third kappa shape index (κ3) is 3.97. The summed E-state index contributed by atoms with van der Waals surface area (Å²) >= 11 is 1.61.